The molecule has 0 radical (unpaired) electrons. The number of hydrogen-bond acceptors (Lipinski definition) is 6. The molecular formula is C23H29N3O6. The highest BCUT2D eigenvalue weighted by Crippen LogP contribution is 2.31. The lowest BCUT2D eigenvalue weighted by Crippen LogP contribution is -2.17. The highest BCUT2D eigenvalue weighted by Gasteiger charge is 2.20. The lowest BCUT2D eigenvalue weighted by atomic mass is 10.1. The SMILES string of the molecule is CCCCCOc1cc(C(=O)Nc2ccc(C(N)=O)cc2OC(C)CC)ccc1[N+](=O)[O-]. The van der Waals surface area contributed by atoms with E-state index in [-0.39, 0.29) is 28.7 Å². The average molecular weight is 444 g/mol. The molecule has 0 spiro atoms. The van der Waals surface area contributed by atoms with Crippen molar-refractivity contribution in [3.05, 3.63) is 57.6 Å². The molecule has 32 heavy (non-hydrogen) atoms. The van der Waals surface area contributed by atoms with Crippen LogP contribution in [0.15, 0.2) is 36.4 Å². The zero-order valence-electron chi connectivity index (χ0n) is 18.6. The van der Waals surface area contributed by atoms with E-state index >= 15 is 0 Å². The van der Waals surface area contributed by atoms with Gasteiger partial charge >= 0.3 is 5.69 Å². The Kier molecular flexibility index (Phi) is 9.00. The third-order valence-electron chi connectivity index (χ3n) is 4.84. The molecule has 0 fully saturated rings. The summed E-state index contributed by atoms with van der Waals surface area (Å²) < 4.78 is 11.4. The number of hydrogen-bond donors (Lipinski definition) is 2. The van der Waals surface area contributed by atoms with Crippen molar-refractivity contribution in [2.45, 2.75) is 52.6 Å². The molecule has 1 unspecified atom stereocenters. The van der Waals surface area contributed by atoms with Gasteiger partial charge in [-0.3, -0.25) is 19.7 Å². The topological polar surface area (TPSA) is 134 Å². The molecule has 0 heterocycles. The Labute approximate surface area is 187 Å². The van der Waals surface area contributed by atoms with Crippen LogP contribution in [0.4, 0.5) is 11.4 Å². The van der Waals surface area contributed by atoms with Crippen LogP contribution in [0.5, 0.6) is 11.5 Å². The van der Waals surface area contributed by atoms with E-state index in [4.69, 9.17) is 15.2 Å². The summed E-state index contributed by atoms with van der Waals surface area (Å²) in [6.07, 6.45) is 3.25. The van der Waals surface area contributed by atoms with Crippen LogP contribution in [0.3, 0.4) is 0 Å². The fraction of sp³-hybridized carbons (Fsp3) is 0.391. The number of anilines is 1. The van der Waals surface area contributed by atoms with Crippen LogP contribution in [0.25, 0.3) is 0 Å². The summed E-state index contributed by atoms with van der Waals surface area (Å²) in [5, 5.41) is 14.0. The molecule has 9 nitrogen and oxygen atoms in total. The Bertz CT molecular complexity index is 976. The van der Waals surface area contributed by atoms with Crippen molar-refractivity contribution in [3.63, 3.8) is 0 Å². The Balaban J connectivity index is 2.29. The van der Waals surface area contributed by atoms with E-state index in [1.165, 1.54) is 36.4 Å². The van der Waals surface area contributed by atoms with E-state index in [1.807, 2.05) is 20.8 Å². The third kappa shape index (κ3) is 6.69. The summed E-state index contributed by atoms with van der Waals surface area (Å²) in [6, 6.07) is 8.45. The molecular weight excluding hydrogens is 414 g/mol. The first-order chi connectivity index (χ1) is 15.3. The molecule has 0 saturated heterocycles. The van der Waals surface area contributed by atoms with Crippen LogP contribution in [0.2, 0.25) is 0 Å². The minimum Gasteiger partial charge on any atom is -0.489 e. The van der Waals surface area contributed by atoms with Crippen molar-refractivity contribution < 1.29 is 24.0 Å². The van der Waals surface area contributed by atoms with Crippen molar-refractivity contribution in [2.75, 3.05) is 11.9 Å². The van der Waals surface area contributed by atoms with Crippen LogP contribution in [-0.4, -0.2) is 29.4 Å². The number of rotatable bonds is 12. The average Bonchev–Trinajstić information content (AvgIpc) is 2.77. The minimum atomic E-state index is -0.614. The van der Waals surface area contributed by atoms with Gasteiger partial charge in [0, 0.05) is 23.3 Å². The molecule has 3 N–H and O–H groups in total. The second kappa shape index (κ2) is 11.7. The van der Waals surface area contributed by atoms with E-state index < -0.39 is 16.7 Å². The molecule has 0 saturated carbocycles. The number of primary amides is 1. The van der Waals surface area contributed by atoms with Gasteiger partial charge in [-0.25, -0.2) is 0 Å². The molecule has 0 aliphatic rings. The van der Waals surface area contributed by atoms with E-state index in [9.17, 15) is 19.7 Å². The van der Waals surface area contributed by atoms with Gasteiger partial charge in [0.1, 0.15) is 5.75 Å². The number of carbonyl (C=O) groups is 2. The van der Waals surface area contributed by atoms with Crippen molar-refractivity contribution in [1.82, 2.24) is 0 Å². The monoisotopic (exact) mass is 443 g/mol. The molecule has 1 atom stereocenters. The van der Waals surface area contributed by atoms with Gasteiger partial charge in [0.2, 0.25) is 5.91 Å². The molecule has 2 aromatic carbocycles. The first-order valence-electron chi connectivity index (χ1n) is 10.6. The molecule has 172 valence electrons. The molecule has 0 aliphatic heterocycles. The summed E-state index contributed by atoms with van der Waals surface area (Å²) in [5.74, 6) is -0.767. The first kappa shape index (κ1) is 24.6. The Morgan fingerprint density at radius 1 is 1.09 bits per heavy atom. The zero-order chi connectivity index (χ0) is 23.7. The number of unbranched alkanes of at least 4 members (excludes halogenated alkanes) is 2. The van der Waals surface area contributed by atoms with Gasteiger partial charge in [-0.1, -0.05) is 26.7 Å². The second-order valence-corrected chi connectivity index (χ2v) is 7.36. The Morgan fingerprint density at radius 3 is 2.41 bits per heavy atom. The fourth-order valence-electron chi connectivity index (χ4n) is 2.83. The number of nitro benzene ring substituents is 1. The maximum Gasteiger partial charge on any atom is 0.310 e. The summed E-state index contributed by atoms with van der Waals surface area (Å²) in [5.41, 5.74) is 5.94. The maximum absolute atomic E-state index is 12.9. The molecule has 2 rings (SSSR count). The van der Waals surface area contributed by atoms with E-state index in [2.05, 4.69) is 5.32 Å². The van der Waals surface area contributed by atoms with Crippen molar-refractivity contribution in [3.8, 4) is 11.5 Å². The highest BCUT2D eigenvalue weighted by molar-refractivity contribution is 6.06. The lowest BCUT2D eigenvalue weighted by molar-refractivity contribution is -0.385. The fourth-order valence-corrected chi connectivity index (χ4v) is 2.83. The molecule has 0 aliphatic carbocycles. The predicted molar refractivity (Wildman–Crippen MR) is 121 cm³/mol. The molecule has 0 aromatic heterocycles. The van der Waals surface area contributed by atoms with Crippen LogP contribution in [-0.2, 0) is 0 Å². The summed E-state index contributed by atoms with van der Waals surface area (Å²) >= 11 is 0. The van der Waals surface area contributed by atoms with Gasteiger partial charge in [0.05, 0.1) is 23.3 Å². The lowest BCUT2D eigenvalue weighted by Gasteiger charge is -2.17. The number of nitro groups is 1. The van der Waals surface area contributed by atoms with Gasteiger partial charge in [-0.15, -0.1) is 0 Å². The van der Waals surface area contributed by atoms with Gasteiger partial charge < -0.3 is 20.5 Å². The maximum atomic E-state index is 12.9. The predicted octanol–water partition coefficient (Wildman–Crippen LogP) is 4.69. The van der Waals surface area contributed by atoms with Gasteiger partial charge in [0.25, 0.3) is 5.91 Å². The van der Waals surface area contributed by atoms with Crippen LogP contribution < -0.4 is 20.5 Å². The summed E-state index contributed by atoms with van der Waals surface area (Å²) in [4.78, 5) is 35.2. The van der Waals surface area contributed by atoms with Crippen molar-refractivity contribution in [1.29, 1.82) is 0 Å². The van der Waals surface area contributed by atoms with Crippen LogP contribution in [0, 0.1) is 10.1 Å². The number of nitrogens with one attached hydrogen (secondary N) is 1. The quantitative estimate of drug-likeness (QED) is 0.278. The molecule has 2 amide bonds. The number of nitrogens with zero attached hydrogens (tertiary/aromatic N) is 1. The number of amides is 2. The van der Waals surface area contributed by atoms with Crippen LogP contribution in [0.1, 0.15) is 67.2 Å². The zero-order valence-corrected chi connectivity index (χ0v) is 18.6. The second-order valence-electron chi connectivity index (χ2n) is 7.36. The standard InChI is InChI=1S/C23H29N3O6/c1-4-6-7-12-31-21-14-17(9-11-19(21)26(29)30)23(28)25-18-10-8-16(22(24)27)13-20(18)32-15(3)5-2/h8-11,13-15H,4-7,12H2,1-3H3,(H2,24,27)(H,25,28). The molecule has 9 heteroatoms. The Morgan fingerprint density at radius 2 is 1.78 bits per heavy atom. The number of carbonyl (C=O) groups excluding carboxylic acids is 2. The Hall–Kier alpha value is -3.62. The normalized spacial score (nSPS) is 11.5. The van der Waals surface area contributed by atoms with Gasteiger partial charge in [-0.2, -0.15) is 0 Å². The van der Waals surface area contributed by atoms with E-state index in [0.29, 0.717) is 18.0 Å². The van der Waals surface area contributed by atoms with Crippen LogP contribution >= 0.6 is 0 Å². The summed E-state index contributed by atoms with van der Waals surface area (Å²) in [7, 11) is 0. The van der Waals surface area contributed by atoms with Crippen molar-refractivity contribution in [2.24, 2.45) is 5.73 Å². The largest absolute Gasteiger partial charge is 0.489 e. The van der Waals surface area contributed by atoms with Crippen molar-refractivity contribution >= 4 is 23.2 Å². The number of benzene rings is 2. The van der Waals surface area contributed by atoms with Gasteiger partial charge in [-0.05, 0) is 44.0 Å². The number of ether oxygens (including phenoxy) is 2. The third-order valence-corrected chi connectivity index (χ3v) is 4.84. The van der Waals surface area contributed by atoms with Gasteiger partial charge in [0.15, 0.2) is 5.75 Å². The molecule has 0 bridgehead atoms. The highest BCUT2D eigenvalue weighted by atomic mass is 16.6. The summed E-state index contributed by atoms with van der Waals surface area (Å²) in [6.45, 7) is 6.17. The first-order valence-corrected chi connectivity index (χ1v) is 10.6. The van der Waals surface area contributed by atoms with E-state index in [0.717, 1.165) is 25.7 Å². The minimum absolute atomic E-state index is 0.0407. The number of nitrogens with two attached hydrogens (primary N) is 1. The molecule has 2 aromatic rings. The van der Waals surface area contributed by atoms with E-state index in [1.54, 1.807) is 0 Å². The smallest absolute Gasteiger partial charge is 0.310 e.